The predicted molar refractivity (Wildman–Crippen MR) is 89.6 cm³/mol. The smallest absolute Gasteiger partial charge is 0.0905 e. The fourth-order valence-corrected chi connectivity index (χ4v) is 2.42. The van der Waals surface area contributed by atoms with Crippen molar-refractivity contribution in [1.82, 2.24) is 0 Å². The van der Waals surface area contributed by atoms with Crippen LogP contribution in [-0.4, -0.2) is 30.7 Å². The highest BCUT2D eigenvalue weighted by molar-refractivity contribution is 7.99. The molecule has 0 saturated carbocycles. The van der Waals surface area contributed by atoms with Gasteiger partial charge in [0.25, 0.3) is 0 Å². The molecule has 0 aliphatic carbocycles. The Labute approximate surface area is 129 Å². The quantitative estimate of drug-likeness (QED) is 0.628. The summed E-state index contributed by atoms with van der Waals surface area (Å²) in [5.74, 6) is 0.926. The molecule has 116 valence electrons. The third-order valence-electron chi connectivity index (χ3n) is 2.26. The lowest BCUT2D eigenvalue weighted by Gasteiger charge is -2.21. The third kappa shape index (κ3) is 10.3. The first kappa shape index (κ1) is 19.5. The van der Waals surface area contributed by atoms with Gasteiger partial charge in [0.15, 0.2) is 0 Å². The Balaban J connectivity index is 0.00000172. The van der Waals surface area contributed by atoms with Crippen LogP contribution in [0.2, 0.25) is 0 Å². The summed E-state index contributed by atoms with van der Waals surface area (Å²) in [4.78, 5) is 1.28. The van der Waals surface area contributed by atoms with Crippen LogP contribution in [0.1, 0.15) is 41.5 Å². The average Bonchev–Trinajstić information content (AvgIpc) is 2.44. The van der Waals surface area contributed by atoms with Crippen LogP contribution in [0.5, 0.6) is 0 Å². The van der Waals surface area contributed by atoms with Gasteiger partial charge in [-0.1, -0.05) is 32.0 Å². The van der Waals surface area contributed by atoms with Crippen molar-refractivity contribution in [2.45, 2.75) is 64.7 Å². The predicted octanol–water partition coefficient (Wildman–Crippen LogP) is 5.02. The van der Waals surface area contributed by atoms with Crippen molar-refractivity contribution < 1.29 is 9.47 Å². The molecule has 1 aromatic rings. The molecule has 0 aliphatic heterocycles. The van der Waals surface area contributed by atoms with E-state index in [9.17, 15) is 0 Å². The lowest BCUT2D eigenvalue weighted by atomic mass is 10.4. The van der Waals surface area contributed by atoms with Crippen molar-refractivity contribution in [1.29, 1.82) is 0 Å². The van der Waals surface area contributed by atoms with E-state index in [0.717, 1.165) is 5.75 Å². The Morgan fingerprint density at radius 1 is 0.950 bits per heavy atom. The number of ether oxygens (including phenoxy) is 2. The van der Waals surface area contributed by atoms with Crippen LogP contribution in [0.15, 0.2) is 35.2 Å². The molecular formula is C17H30O2S. The molecule has 0 spiro atoms. The van der Waals surface area contributed by atoms with E-state index in [1.807, 2.05) is 31.7 Å². The van der Waals surface area contributed by atoms with Gasteiger partial charge >= 0.3 is 0 Å². The number of hydrogen-bond donors (Lipinski definition) is 0. The van der Waals surface area contributed by atoms with Gasteiger partial charge in [-0.25, -0.2) is 0 Å². The summed E-state index contributed by atoms with van der Waals surface area (Å²) in [6.07, 6.45) is 0.643. The van der Waals surface area contributed by atoms with E-state index in [2.05, 4.69) is 52.0 Å². The van der Waals surface area contributed by atoms with E-state index in [1.54, 1.807) is 0 Å². The summed E-state index contributed by atoms with van der Waals surface area (Å²) >= 11 is 1.82. The first-order chi connectivity index (χ1) is 9.58. The molecule has 3 heteroatoms. The molecule has 0 N–H and O–H groups in total. The Morgan fingerprint density at radius 2 is 1.55 bits per heavy atom. The van der Waals surface area contributed by atoms with Gasteiger partial charge in [-0.05, 0) is 39.8 Å². The van der Waals surface area contributed by atoms with Crippen molar-refractivity contribution >= 4 is 11.8 Å². The van der Waals surface area contributed by atoms with E-state index in [0.29, 0.717) is 6.61 Å². The lowest BCUT2D eigenvalue weighted by Crippen LogP contribution is -2.27. The van der Waals surface area contributed by atoms with Gasteiger partial charge < -0.3 is 9.47 Å². The largest absolute Gasteiger partial charge is 0.376 e. The second kappa shape index (κ2) is 12.2. The van der Waals surface area contributed by atoms with E-state index < -0.39 is 0 Å². The maximum Gasteiger partial charge on any atom is 0.0905 e. The molecule has 1 rings (SSSR count). The first-order valence-electron chi connectivity index (χ1n) is 7.53. The summed E-state index contributed by atoms with van der Waals surface area (Å²) in [5.41, 5.74) is 0. The van der Waals surface area contributed by atoms with E-state index in [1.165, 1.54) is 4.90 Å². The van der Waals surface area contributed by atoms with Crippen molar-refractivity contribution in [2.24, 2.45) is 0 Å². The minimum absolute atomic E-state index is 0.151. The average molecular weight is 298 g/mol. The number of hydrogen-bond acceptors (Lipinski definition) is 3. The van der Waals surface area contributed by atoms with Gasteiger partial charge in [-0.3, -0.25) is 0 Å². The van der Waals surface area contributed by atoms with Crippen LogP contribution in [0.3, 0.4) is 0 Å². The molecule has 0 bridgehead atoms. The first-order valence-corrected chi connectivity index (χ1v) is 8.51. The van der Waals surface area contributed by atoms with Crippen molar-refractivity contribution in [2.75, 3.05) is 12.4 Å². The number of thioether (sulfide) groups is 1. The normalized spacial score (nSPS) is 12.2. The van der Waals surface area contributed by atoms with Crippen LogP contribution >= 0.6 is 11.8 Å². The van der Waals surface area contributed by atoms with Gasteiger partial charge in [0.05, 0.1) is 24.9 Å². The summed E-state index contributed by atoms with van der Waals surface area (Å²) in [7, 11) is 0. The van der Waals surface area contributed by atoms with Crippen molar-refractivity contribution in [3.05, 3.63) is 30.3 Å². The minimum Gasteiger partial charge on any atom is -0.376 e. The number of benzene rings is 1. The van der Waals surface area contributed by atoms with Crippen LogP contribution < -0.4 is 0 Å². The molecule has 0 amide bonds. The topological polar surface area (TPSA) is 18.5 Å². The summed E-state index contributed by atoms with van der Waals surface area (Å²) < 4.78 is 11.5. The zero-order chi connectivity index (χ0) is 15.4. The van der Waals surface area contributed by atoms with Crippen molar-refractivity contribution in [3.8, 4) is 0 Å². The van der Waals surface area contributed by atoms with Gasteiger partial charge in [-0.15, -0.1) is 11.8 Å². The molecule has 0 radical (unpaired) electrons. The molecule has 1 unspecified atom stereocenters. The fourth-order valence-electron chi connectivity index (χ4n) is 1.52. The highest BCUT2D eigenvalue weighted by atomic mass is 32.2. The highest BCUT2D eigenvalue weighted by Gasteiger charge is 2.13. The standard InChI is InChI=1S/C15H24O2S.C2H6/c1-12(2)16-10-14(17-13(3)4)11-18-15-8-6-5-7-9-15;1-2/h5-9,12-14H,10-11H2,1-4H3;1-2H3. The fraction of sp³-hybridized carbons (Fsp3) is 0.647. The molecular weight excluding hydrogens is 268 g/mol. The zero-order valence-electron chi connectivity index (χ0n) is 13.8. The molecule has 0 fully saturated rings. The maximum atomic E-state index is 5.88. The molecule has 0 heterocycles. The van der Waals surface area contributed by atoms with E-state index in [4.69, 9.17) is 9.47 Å². The summed E-state index contributed by atoms with van der Waals surface area (Å²) in [6.45, 7) is 12.9. The molecule has 2 nitrogen and oxygen atoms in total. The van der Waals surface area contributed by atoms with Crippen LogP contribution in [0, 0.1) is 0 Å². The molecule has 0 aliphatic rings. The number of rotatable bonds is 8. The summed E-state index contributed by atoms with van der Waals surface area (Å²) in [6, 6.07) is 10.4. The van der Waals surface area contributed by atoms with Gasteiger partial charge in [0.1, 0.15) is 0 Å². The molecule has 1 atom stereocenters. The van der Waals surface area contributed by atoms with Crippen LogP contribution in [0.25, 0.3) is 0 Å². The minimum atomic E-state index is 0.151. The Hall–Kier alpha value is -0.510. The van der Waals surface area contributed by atoms with Crippen molar-refractivity contribution in [3.63, 3.8) is 0 Å². The van der Waals surface area contributed by atoms with Gasteiger partial charge in [0.2, 0.25) is 0 Å². The Kier molecular flexibility index (Phi) is 11.9. The Bertz CT molecular complexity index is 312. The third-order valence-corrected chi connectivity index (χ3v) is 3.40. The van der Waals surface area contributed by atoms with E-state index >= 15 is 0 Å². The molecule has 1 aromatic carbocycles. The summed E-state index contributed by atoms with van der Waals surface area (Å²) in [5, 5.41) is 0. The van der Waals surface area contributed by atoms with Gasteiger partial charge in [-0.2, -0.15) is 0 Å². The van der Waals surface area contributed by atoms with E-state index in [-0.39, 0.29) is 18.3 Å². The highest BCUT2D eigenvalue weighted by Crippen LogP contribution is 2.19. The monoisotopic (exact) mass is 298 g/mol. The van der Waals surface area contributed by atoms with Crippen LogP contribution in [-0.2, 0) is 9.47 Å². The zero-order valence-corrected chi connectivity index (χ0v) is 14.6. The second-order valence-corrected chi connectivity index (χ2v) is 5.91. The van der Waals surface area contributed by atoms with Gasteiger partial charge in [0, 0.05) is 10.6 Å². The second-order valence-electron chi connectivity index (χ2n) is 4.81. The van der Waals surface area contributed by atoms with Crippen LogP contribution in [0.4, 0.5) is 0 Å². The lowest BCUT2D eigenvalue weighted by molar-refractivity contribution is -0.0472. The molecule has 20 heavy (non-hydrogen) atoms. The molecule has 0 saturated heterocycles. The SMILES string of the molecule is CC.CC(C)OCC(CSc1ccccc1)OC(C)C. The maximum absolute atomic E-state index is 5.88. The Morgan fingerprint density at radius 3 is 2.05 bits per heavy atom. The molecule has 0 aromatic heterocycles.